The number of aromatic nitrogens is 1. The zero-order valence-corrected chi connectivity index (χ0v) is 13.0. The molecule has 3 N–H and O–H groups in total. The van der Waals surface area contributed by atoms with Crippen molar-refractivity contribution in [1.29, 1.82) is 0 Å². The summed E-state index contributed by atoms with van der Waals surface area (Å²) in [7, 11) is 0. The van der Waals surface area contributed by atoms with Crippen LogP contribution in [0.3, 0.4) is 0 Å². The molecule has 0 aliphatic heterocycles. The summed E-state index contributed by atoms with van der Waals surface area (Å²) in [5.41, 5.74) is 1.59. The molecule has 1 amide bonds. The van der Waals surface area contributed by atoms with Crippen molar-refractivity contribution in [2.75, 3.05) is 6.54 Å². The summed E-state index contributed by atoms with van der Waals surface area (Å²) in [6.45, 7) is 5.31. The first kappa shape index (κ1) is 15.8. The molecular weight excluding hydrogens is 268 g/mol. The number of hydrogen-bond donors (Lipinski definition) is 3. The topological polar surface area (TPSA) is 82.2 Å². The molecule has 0 spiro atoms. The van der Waals surface area contributed by atoms with Gasteiger partial charge >= 0.3 is 0 Å². The van der Waals surface area contributed by atoms with Crippen LogP contribution in [0.15, 0.2) is 0 Å². The van der Waals surface area contributed by atoms with Crippen LogP contribution in [0.5, 0.6) is 0 Å². The summed E-state index contributed by atoms with van der Waals surface area (Å²) in [5, 5.41) is 13.2. The Morgan fingerprint density at radius 2 is 1.86 bits per heavy atom. The van der Waals surface area contributed by atoms with Gasteiger partial charge in [0, 0.05) is 17.8 Å². The number of carbonyl (C=O) groups excluding carboxylic acids is 2. The Bertz CT molecular complexity index is 554. The second-order valence-corrected chi connectivity index (χ2v) is 6.15. The van der Waals surface area contributed by atoms with Crippen LogP contribution in [0, 0.1) is 13.8 Å². The van der Waals surface area contributed by atoms with Gasteiger partial charge in [-0.15, -0.1) is 0 Å². The lowest BCUT2D eigenvalue weighted by Gasteiger charge is -2.32. The maximum absolute atomic E-state index is 12.3. The number of aliphatic hydroxyl groups is 1. The molecule has 1 aromatic heterocycles. The van der Waals surface area contributed by atoms with Crippen molar-refractivity contribution >= 4 is 11.7 Å². The average Bonchev–Trinajstić information content (AvgIpc) is 2.72. The fourth-order valence-corrected chi connectivity index (χ4v) is 3.23. The predicted molar refractivity (Wildman–Crippen MR) is 80.6 cm³/mol. The van der Waals surface area contributed by atoms with Crippen molar-refractivity contribution in [1.82, 2.24) is 10.3 Å². The van der Waals surface area contributed by atoms with E-state index in [-0.39, 0.29) is 18.2 Å². The van der Waals surface area contributed by atoms with E-state index in [0.29, 0.717) is 22.5 Å². The van der Waals surface area contributed by atoms with Gasteiger partial charge < -0.3 is 15.4 Å². The molecule has 0 bridgehead atoms. The van der Waals surface area contributed by atoms with Gasteiger partial charge in [0.25, 0.3) is 5.91 Å². The Morgan fingerprint density at radius 3 is 2.38 bits per heavy atom. The van der Waals surface area contributed by atoms with E-state index in [1.807, 2.05) is 0 Å². The third-order valence-corrected chi connectivity index (χ3v) is 4.38. The van der Waals surface area contributed by atoms with Gasteiger partial charge in [-0.3, -0.25) is 9.59 Å². The van der Waals surface area contributed by atoms with Gasteiger partial charge in [-0.2, -0.15) is 0 Å². The first-order chi connectivity index (χ1) is 9.84. The molecule has 1 aliphatic carbocycles. The first-order valence-electron chi connectivity index (χ1n) is 7.55. The number of rotatable bonds is 4. The highest BCUT2D eigenvalue weighted by Gasteiger charge is 2.30. The monoisotopic (exact) mass is 292 g/mol. The third-order valence-electron chi connectivity index (χ3n) is 4.38. The number of hydrogen-bond acceptors (Lipinski definition) is 3. The molecule has 1 aromatic rings. The number of H-pyrrole nitrogens is 1. The quantitative estimate of drug-likeness (QED) is 0.744. The Labute approximate surface area is 125 Å². The second-order valence-electron chi connectivity index (χ2n) is 6.15. The molecule has 0 atom stereocenters. The van der Waals surface area contributed by atoms with Crippen LogP contribution < -0.4 is 5.32 Å². The Kier molecular flexibility index (Phi) is 4.52. The first-order valence-corrected chi connectivity index (χ1v) is 7.55. The molecule has 1 aliphatic rings. The van der Waals surface area contributed by atoms with Crippen molar-refractivity contribution in [3.8, 4) is 0 Å². The number of aromatic amines is 1. The Balaban J connectivity index is 2.07. The zero-order chi connectivity index (χ0) is 15.6. The van der Waals surface area contributed by atoms with Crippen molar-refractivity contribution in [3.05, 3.63) is 22.5 Å². The second kappa shape index (κ2) is 6.02. The molecule has 0 aromatic carbocycles. The molecular formula is C16H24N2O3. The van der Waals surface area contributed by atoms with Crippen LogP contribution in [-0.2, 0) is 0 Å². The molecule has 1 heterocycles. The predicted octanol–water partition coefficient (Wildman–Crippen LogP) is 2.26. The van der Waals surface area contributed by atoms with Gasteiger partial charge in [0.2, 0.25) is 0 Å². The van der Waals surface area contributed by atoms with E-state index in [1.54, 1.807) is 13.8 Å². The maximum Gasteiger partial charge on any atom is 0.268 e. The van der Waals surface area contributed by atoms with Gasteiger partial charge in [0.15, 0.2) is 5.78 Å². The Morgan fingerprint density at radius 1 is 1.24 bits per heavy atom. The van der Waals surface area contributed by atoms with E-state index in [9.17, 15) is 14.7 Å². The highest BCUT2D eigenvalue weighted by atomic mass is 16.3. The Hall–Kier alpha value is -1.62. The van der Waals surface area contributed by atoms with E-state index in [0.717, 1.165) is 32.1 Å². The number of nitrogens with one attached hydrogen (secondary N) is 2. The van der Waals surface area contributed by atoms with Crippen molar-refractivity contribution in [2.45, 2.75) is 58.5 Å². The molecule has 21 heavy (non-hydrogen) atoms. The molecule has 1 saturated carbocycles. The minimum Gasteiger partial charge on any atom is -0.388 e. The van der Waals surface area contributed by atoms with E-state index < -0.39 is 5.60 Å². The van der Waals surface area contributed by atoms with Crippen molar-refractivity contribution < 1.29 is 14.7 Å². The van der Waals surface area contributed by atoms with E-state index in [1.165, 1.54) is 6.92 Å². The minimum absolute atomic E-state index is 0.0498. The van der Waals surface area contributed by atoms with Crippen LogP contribution in [0.4, 0.5) is 0 Å². The molecule has 5 nitrogen and oxygen atoms in total. The summed E-state index contributed by atoms with van der Waals surface area (Å²) in [4.78, 5) is 26.8. The minimum atomic E-state index is -0.785. The van der Waals surface area contributed by atoms with Gasteiger partial charge in [0.1, 0.15) is 5.69 Å². The largest absolute Gasteiger partial charge is 0.388 e. The fourth-order valence-electron chi connectivity index (χ4n) is 3.23. The van der Waals surface area contributed by atoms with Gasteiger partial charge in [-0.1, -0.05) is 19.3 Å². The zero-order valence-electron chi connectivity index (χ0n) is 13.0. The van der Waals surface area contributed by atoms with E-state index in [4.69, 9.17) is 0 Å². The van der Waals surface area contributed by atoms with Crippen LogP contribution in [0.2, 0.25) is 0 Å². The van der Waals surface area contributed by atoms with Crippen molar-refractivity contribution in [2.24, 2.45) is 0 Å². The lowest BCUT2D eigenvalue weighted by molar-refractivity contribution is 0.00520. The highest BCUT2D eigenvalue weighted by Crippen LogP contribution is 2.27. The number of Topliss-reactive ketones (excluding diaryl/α,β-unsaturated/α-hetero) is 1. The van der Waals surface area contributed by atoms with E-state index >= 15 is 0 Å². The van der Waals surface area contributed by atoms with Gasteiger partial charge in [-0.05, 0) is 39.2 Å². The van der Waals surface area contributed by atoms with Crippen LogP contribution in [0.25, 0.3) is 0 Å². The molecule has 0 radical (unpaired) electrons. The van der Waals surface area contributed by atoms with Gasteiger partial charge in [-0.25, -0.2) is 0 Å². The third kappa shape index (κ3) is 3.35. The van der Waals surface area contributed by atoms with Crippen LogP contribution in [0.1, 0.15) is 71.1 Å². The fraction of sp³-hybridized carbons (Fsp3) is 0.625. The summed E-state index contributed by atoms with van der Waals surface area (Å²) in [5.74, 6) is -0.312. The SMILES string of the molecule is CC(=O)c1c(C)[nH]c(C(=O)NCC2(O)CCCCC2)c1C. The lowest BCUT2D eigenvalue weighted by atomic mass is 9.85. The molecule has 2 rings (SSSR count). The summed E-state index contributed by atoms with van der Waals surface area (Å²) >= 11 is 0. The maximum atomic E-state index is 12.3. The van der Waals surface area contributed by atoms with Crippen molar-refractivity contribution in [3.63, 3.8) is 0 Å². The number of aryl methyl sites for hydroxylation is 1. The molecule has 0 saturated heterocycles. The molecule has 116 valence electrons. The molecule has 1 fully saturated rings. The average molecular weight is 292 g/mol. The summed E-state index contributed by atoms with van der Waals surface area (Å²) in [6.07, 6.45) is 4.61. The molecule has 5 heteroatoms. The smallest absolute Gasteiger partial charge is 0.268 e. The number of amides is 1. The van der Waals surface area contributed by atoms with Crippen LogP contribution in [-0.4, -0.2) is 33.9 Å². The van der Waals surface area contributed by atoms with Crippen LogP contribution >= 0.6 is 0 Å². The normalized spacial score (nSPS) is 17.5. The lowest BCUT2D eigenvalue weighted by Crippen LogP contribution is -2.44. The standard InChI is InChI=1S/C16H24N2O3/c1-10-13(12(3)19)11(2)18-14(10)15(20)17-9-16(21)7-5-4-6-8-16/h18,21H,4-9H2,1-3H3,(H,17,20). The van der Waals surface area contributed by atoms with Gasteiger partial charge in [0.05, 0.1) is 5.60 Å². The number of carbonyl (C=O) groups is 2. The van der Waals surface area contributed by atoms with E-state index in [2.05, 4.69) is 10.3 Å². The highest BCUT2D eigenvalue weighted by molar-refractivity contribution is 6.02. The number of ketones is 1. The summed E-state index contributed by atoms with van der Waals surface area (Å²) in [6, 6.07) is 0. The molecule has 0 unspecified atom stereocenters. The summed E-state index contributed by atoms with van der Waals surface area (Å²) < 4.78 is 0.